The van der Waals surface area contributed by atoms with E-state index < -0.39 is 37.9 Å². The fourth-order valence-corrected chi connectivity index (χ4v) is 7.65. The molecule has 2 aromatic carbocycles. The minimum absolute atomic E-state index is 0.0146. The molecule has 1 aliphatic carbocycles. The quantitative estimate of drug-likeness (QED) is 0.438. The Kier molecular flexibility index (Phi) is 8.60. The Hall–Kier alpha value is -2.62. The SMILES string of the molecule is CC(O)(c1ccc(N2CCN(S(=O)(=O)C3=CC=CCC3=S)C[C@@H]2CNS(=O)(=O)c2ccccc2)cc1)C(F)(F)F. The molecule has 2 atom stereocenters. The Morgan fingerprint density at radius 3 is 2.27 bits per heavy atom. The number of rotatable bonds is 8. The zero-order chi connectivity index (χ0) is 29.3. The predicted octanol–water partition coefficient (Wildman–Crippen LogP) is 3.47. The van der Waals surface area contributed by atoms with E-state index in [1.165, 1.54) is 34.6 Å². The van der Waals surface area contributed by atoms with Crippen LogP contribution in [-0.2, 0) is 25.6 Å². The first-order chi connectivity index (χ1) is 18.6. The fourth-order valence-electron chi connectivity index (χ4n) is 4.48. The van der Waals surface area contributed by atoms with E-state index in [1.807, 2.05) is 0 Å². The molecule has 2 aromatic rings. The highest BCUT2D eigenvalue weighted by Gasteiger charge is 2.51. The molecule has 2 N–H and O–H groups in total. The number of hydrogen-bond donors (Lipinski definition) is 2. The van der Waals surface area contributed by atoms with Crippen molar-refractivity contribution in [1.82, 2.24) is 9.03 Å². The van der Waals surface area contributed by atoms with Gasteiger partial charge in [-0.15, -0.1) is 0 Å². The third-order valence-corrected chi connectivity index (χ3v) is 10.8. The van der Waals surface area contributed by atoms with Gasteiger partial charge in [-0.05, 0) is 42.8 Å². The predicted molar refractivity (Wildman–Crippen MR) is 150 cm³/mol. The standard InChI is InChI=1S/C26H28F3N3O5S3/c1-25(33,26(27,28)29)19-11-13-20(14-12-19)32-16-15-31(40(36,37)24-10-6-5-9-23(24)38)18-21(32)17-30-39(34,35)22-7-3-2-4-8-22/h2-8,10-14,21,30,33H,9,15-18H2,1H3/t21-,25?/m0/s1. The van der Waals surface area contributed by atoms with Crippen LogP contribution in [0.3, 0.4) is 0 Å². The van der Waals surface area contributed by atoms with Gasteiger partial charge in [-0.3, -0.25) is 0 Å². The van der Waals surface area contributed by atoms with Crippen LogP contribution in [0, 0.1) is 0 Å². The van der Waals surface area contributed by atoms with Crippen molar-refractivity contribution < 1.29 is 35.1 Å². The molecule has 0 amide bonds. The van der Waals surface area contributed by atoms with E-state index in [0.717, 1.165) is 12.1 Å². The van der Waals surface area contributed by atoms with Gasteiger partial charge in [0.15, 0.2) is 5.60 Å². The normalized spacial score (nSPS) is 20.7. The number of alkyl halides is 3. The molecule has 1 unspecified atom stereocenters. The van der Waals surface area contributed by atoms with Crippen molar-refractivity contribution in [1.29, 1.82) is 0 Å². The van der Waals surface area contributed by atoms with E-state index in [1.54, 1.807) is 35.3 Å². The lowest BCUT2D eigenvalue weighted by Gasteiger charge is -2.42. The van der Waals surface area contributed by atoms with Crippen molar-refractivity contribution in [3.05, 3.63) is 83.3 Å². The summed E-state index contributed by atoms with van der Waals surface area (Å²) < 4.78 is 96.5. The van der Waals surface area contributed by atoms with Gasteiger partial charge in [-0.25, -0.2) is 21.6 Å². The molecule has 216 valence electrons. The van der Waals surface area contributed by atoms with E-state index in [-0.39, 0.29) is 46.4 Å². The fraction of sp³-hybridized carbons (Fsp3) is 0.346. The average molecular weight is 616 g/mol. The minimum atomic E-state index is -4.89. The van der Waals surface area contributed by atoms with Gasteiger partial charge in [0.1, 0.15) is 0 Å². The molecule has 1 saturated heterocycles. The van der Waals surface area contributed by atoms with Crippen LogP contribution < -0.4 is 9.62 Å². The number of nitrogens with one attached hydrogen (secondary N) is 1. The number of piperazine rings is 1. The summed E-state index contributed by atoms with van der Waals surface area (Å²) in [5.41, 5.74) is -2.99. The Bertz CT molecular complexity index is 1520. The summed E-state index contributed by atoms with van der Waals surface area (Å²) in [5, 5.41) is 10.0. The Morgan fingerprint density at radius 1 is 1.02 bits per heavy atom. The van der Waals surface area contributed by atoms with Gasteiger partial charge < -0.3 is 10.0 Å². The summed E-state index contributed by atoms with van der Waals surface area (Å²) in [7, 11) is -7.92. The van der Waals surface area contributed by atoms with E-state index in [4.69, 9.17) is 12.2 Å². The first-order valence-corrected chi connectivity index (χ1v) is 15.6. The summed E-state index contributed by atoms with van der Waals surface area (Å²) in [6.45, 7) is 0.532. The van der Waals surface area contributed by atoms with Crippen LogP contribution in [0.5, 0.6) is 0 Å². The van der Waals surface area contributed by atoms with Gasteiger partial charge in [0, 0.05) is 43.2 Å². The number of thiocarbonyl (C=S) groups is 1. The first-order valence-electron chi connectivity index (χ1n) is 12.3. The number of aliphatic hydroxyl groups is 1. The lowest BCUT2D eigenvalue weighted by atomic mass is 9.95. The molecule has 0 bridgehead atoms. The Balaban J connectivity index is 1.63. The smallest absolute Gasteiger partial charge is 0.376 e. The van der Waals surface area contributed by atoms with E-state index in [9.17, 15) is 35.1 Å². The van der Waals surface area contributed by atoms with Gasteiger partial charge >= 0.3 is 6.18 Å². The van der Waals surface area contributed by atoms with Crippen molar-refractivity contribution in [3.63, 3.8) is 0 Å². The van der Waals surface area contributed by atoms with Crippen molar-refractivity contribution in [2.24, 2.45) is 0 Å². The molecule has 8 nitrogen and oxygen atoms in total. The van der Waals surface area contributed by atoms with Crippen LogP contribution in [0.15, 0.2) is 82.6 Å². The molecule has 0 radical (unpaired) electrons. The molecule has 0 aromatic heterocycles. The van der Waals surface area contributed by atoms with Gasteiger partial charge in [0.05, 0.1) is 15.8 Å². The topological polar surface area (TPSA) is 107 Å². The molecule has 1 heterocycles. The highest BCUT2D eigenvalue weighted by molar-refractivity contribution is 7.96. The third-order valence-electron chi connectivity index (χ3n) is 6.90. The molecule has 1 aliphatic heterocycles. The number of halogens is 3. The molecule has 1 fully saturated rings. The van der Waals surface area contributed by atoms with Crippen molar-refractivity contribution in [2.75, 3.05) is 31.1 Å². The maximum atomic E-state index is 13.5. The number of allylic oxidation sites excluding steroid dienone is 4. The van der Waals surface area contributed by atoms with E-state index in [0.29, 0.717) is 19.0 Å². The Labute approximate surface area is 236 Å². The molecular formula is C26H28F3N3O5S3. The lowest BCUT2D eigenvalue weighted by Crippen LogP contribution is -2.58. The maximum absolute atomic E-state index is 13.5. The van der Waals surface area contributed by atoms with E-state index in [2.05, 4.69) is 4.72 Å². The second kappa shape index (κ2) is 11.3. The van der Waals surface area contributed by atoms with Crippen molar-refractivity contribution in [2.45, 2.75) is 36.1 Å². The molecule has 40 heavy (non-hydrogen) atoms. The summed E-state index contributed by atoms with van der Waals surface area (Å²) in [5.74, 6) is 0. The zero-order valence-electron chi connectivity index (χ0n) is 21.4. The molecule has 0 saturated carbocycles. The minimum Gasteiger partial charge on any atom is -0.376 e. The third kappa shape index (κ3) is 6.16. The second-order valence-corrected chi connectivity index (χ2v) is 13.7. The molecular weight excluding hydrogens is 587 g/mol. The largest absolute Gasteiger partial charge is 0.421 e. The highest BCUT2D eigenvalue weighted by Crippen LogP contribution is 2.39. The summed E-state index contributed by atoms with van der Waals surface area (Å²) in [4.78, 5) is 2.06. The summed E-state index contributed by atoms with van der Waals surface area (Å²) >= 11 is 5.27. The molecule has 2 aliphatic rings. The van der Waals surface area contributed by atoms with Crippen molar-refractivity contribution in [3.8, 4) is 0 Å². The Morgan fingerprint density at radius 2 is 1.68 bits per heavy atom. The van der Waals surface area contributed by atoms with Crippen LogP contribution in [0.1, 0.15) is 18.9 Å². The van der Waals surface area contributed by atoms with Gasteiger partial charge in [-0.1, -0.05) is 54.7 Å². The number of benzene rings is 2. The second-order valence-electron chi connectivity index (χ2n) is 9.58. The molecule has 4 rings (SSSR count). The first kappa shape index (κ1) is 30.3. The van der Waals surface area contributed by atoms with Crippen LogP contribution in [-0.4, -0.2) is 69.5 Å². The van der Waals surface area contributed by atoms with E-state index >= 15 is 0 Å². The van der Waals surface area contributed by atoms with Gasteiger partial charge in [0.2, 0.25) is 20.0 Å². The van der Waals surface area contributed by atoms with Crippen LogP contribution >= 0.6 is 12.2 Å². The summed E-state index contributed by atoms with van der Waals surface area (Å²) in [6.07, 6.45) is 0.221. The zero-order valence-corrected chi connectivity index (χ0v) is 23.8. The number of hydrogen-bond acceptors (Lipinski definition) is 7. The molecule has 14 heteroatoms. The number of nitrogens with zero attached hydrogens (tertiary/aromatic N) is 2. The monoisotopic (exact) mass is 615 g/mol. The maximum Gasteiger partial charge on any atom is 0.421 e. The van der Waals surface area contributed by atoms with Crippen LogP contribution in [0.2, 0.25) is 0 Å². The summed E-state index contributed by atoms with van der Waals surface area (Å²) in [6, 6.07) is 12.0. The van der Waals surface area contributed by atoms with Crippen LogP contribution in [0.4, 0.5) is 18.9 Å². The lowest BCUT2D eigenvalue weighted by molar-refractivity contribution is -0.258. The average Bonchev–Trinajstić information content (AvgIpc) is 2.92. The number of sulfonamides is 2. The highest BCUT2D eigenvalue weighted by atomic mass is 32.2. The van der Waals surface area contributed by atoms with Crippen molar-refractivity contribution >= 4 is 42.8 Å². The van der Waals surface area contributed by atoms with Gasteiger partial charge in [-0.2, -0.15) is 17.5 Å². The molecule has 0 spiro atoms. The number of anilines is 1. The van der Waals surface area contributed by atoms with Gasteiger partial charge in [0.25, 0.3) is 0 Å². The van der Waals surface area contributed by atoms with Crippen LogP contribution in [0.25, 0.3) is 0 Å².